The van der Waals surface area contributed by atoms with Crippen LogP contribution in [-0.2, 0) is 7.05 Å². The van der Waals surface area contributed by atoms with Gasteiger partial charge in [0.15, 0.2) is 17.2 Å². The summed E-state index contributed by atoms with van der Waals surface area (Å²) in [6.45, 7) is 0. The third-order valence-electron chi connectivity index (χ3n) is 4.12. The van der Waals surface area contributed by atoms with E-state index in [9.17, 15) is 9.59 Å². The number of methoxy groups -OCH3 is 3. The van der Waals surface area contributed by atoms with Gasteiger partial charge in [0.25, 0.3) is 5.56 Å². The molecule has 0 amide bonds. The first-order chi connectivity index (χ1) is 12.5. The van der Waals surface area contributed by atoms with E-state index in [-0.39, 0.29) is 11.3 Å². The van der Waals surface area contributed by atoms with Crippen molar-refractivity contribution in [3.63, 3.8) is 0 Å². The first-order valence-corrected chi connectivity index (χ1v) is 7.82. The summed E-state index contributed by atoms with van der Waals surface area (Å²) in [5.74, 6) is 0.502. The van der Waals surface area contributed by atoms with E-state index in [1.807, 2.05) is 6.07 Å². The van der Waals surface area contributed by atoms with Gasteiger partial charge in [-0.2, -0.15) is 0 Å². The fraction of sp³-hybridized carbons (Fsp3) is 0.211. The standard InChI is InChI=1S/C19H18N2O5/c1-21-13-8-6-5-7-12(13)20-16(19(21)23)17(22)11-9-14(24-2)18(26-4)15(10-11)25-3/h5-10H,1-4H3. The number of fused-ring (bicyclic) bond motifs is 1. The lowest BCUT2D eigenvalue weighted by atomic mass is 10.1. The van der Waals surface area contributed by atoms with E-state index < -0.39 is 11.3 Å². The van der Waals surface area contributed by atoms with E-state index in [0.717, 1.165) is 0 Å². The largest absolute Gasteiger partial charge is 0.493 e. The Kier molecular flexibility index (Phi) is 4.62. The topological polar surface area (TPSA) is 79.7 Å². The smallest absolute Gasteiger partial charge is 0.280 e. The Balaban J connectivity index is 2.20. The number of hydrogen-bond donors (Lipinski definition) is 0. The highest BCUT2D eigenvalue weighted by atomic mass is 16.5. The average molecular weight is 354 g/mol. The zero-order valence-corrected chi connectivity index (χ0v) is 14.9. The molecule has 2 aromatic carbocycles. The van der Waals surface area contributed by atoms with Crippen molar-refractivity contribution in [2.75, 3.05) is 21.3 Å². The molecule has 7 heteroatoms. The number of nitrogens with zero attached hydrogens (tertiary/aromatic N) is 2. The SMILES string of the molecule is COc1cc(C(=O)c2nc3ccccc3n(C)c2=O)cc(OC)c1OC. The van der Waals surface area contributed by atoms with Gasteiger partial charge in [0.1, 0.15) is 0 Å². The number of carbonyl (C=O) groups excluding carboxylic acids is 1. The van der Waals surface area contributed by atoms with Gasteiger partial charge in [-0.05, 0) is 24.3 Å². The van der Waals surface area contributed by atoms with Gasteiger partial charge < -0.3 is 18.8 Å². The zero-order valence-electron chi connectivity index (χ0n) is 14.9. The van der Waals surface area contributed by atoms with Crippen LogP contribution in [0, 0.1) is 0 Å². The average Bonchev–Trinajstić information content (AvgIpc) is 2.68. The number of carbonyl (C=O) groups is 1. The molecular weight excluding hydrogens is 336 g/mol. The highest BCUT2D eigenvalue weighted by Crippen LogP contribution is 2.38. The first kappa shape index (κ1) is 17.5. The van der Waals surface area contributed by atoms with Crippen LogP contribution in [0.25, 0.3) is 11.0 Å². The Morgan fingerprint density at radius 1 is 1.00 bits per heavy atom. The second-order valence-corrected chi connectivity index (χ2v) is 5.56. The van der Waals surface area contributed by atoms with Crippen LogP contribution in [0.4, 0.5) is 0 Å². The fourth-order valence-corrected chi connectivity index (χ4v) is 2.78. The molecule has 1 aromatic heterocycles. The third-order valence-corrected chi connectivity index (χ3v) is 4.12. The number of ketones is 1. The van der Waals surface area contributed by atoms with E-state index >= 15 is 0 Å². The normalized spacial score (nSPS) is 10.6. The Morgan fingerprint density at radius 3 is 2.19 bits per heavy atom. The molecule has 0 saturated carbocycles. The molecule has 0 saturated heterocycles. The molecule has 3 rings (SSSR count). The molecule has 134 valence electrons. The van der Waals surface area contributed by atoms with Crippen LogP contribution in [-0.4, -0.2) is 36.7 Å². The highest BCUT2D eigenvalue weighted by Gasteiger charge is 2.22. The molecule has 0 atom stereocenters. The van der Waals surface area contributed by atoms with Gasteiger partial charge in [0.2, 0.25) is 11.5 Å². The molecule has 1 heterocycles. The predicted octanol–water partition coefficient (Wildman–Crippen LogP) is 2.19. The molecule has 0 aliphatic carbocycles. The predicted molar refractivity (Wildman–Crippen MR) is 96.5 cm³/mol. The van der Waals surface area contributed by atoms with Gasteiger partial charge in [-0.15, -0.1) is 0 Å². The number of hydrogen-bond acceptors (Lipinski definition) is 6. The summed E-state index contributed by atoms with van der Waals surface area (Å²) in [5.41, 5.74) is 0.798. The summed E-state index contributed by atoms with van der Waals surface area (Å²) in [5, 5.41) is 0. The molecule has 26 heavy (non-hydrogen) atoms. The van der Waals surface area contributed by atoms with Crippen LogP contribution in [0.15, 0.2) is 41.2 Å². The van der Waals surface area contributed by atoms with Crippen LogP contribution >= 0.6 is 0 Å². The number of para-hydroxylation sites is 2. The van der Waals surface area contributed by atoms with E-state index in [0.29, 0.717) is 28.3 Å². The van der Waals surface area contributed by atoms with Crippen LogP contribution in [0.5, 0.6) is 17.2 Å². The summed E-state index contributed by atoms with van der Waals surface area (Å²) in [4.78, 5) is 29.9. The molecule has 0 radical (unpaired) electrons. The fourth-order valence-electron chi connectivity index (χ4n) is 2.78. The maximum Gasteiger partial charge on any atom is 0.280 e. The number of ether oxygens (including phenoxy) is 3. The van der Waals surface area contributed by atoms with Crippen molar-refractivity contribution >= 4 is 16.8 Å². The summed E-state index contributed by atoms with van der Waals surface area (Å²) in [6, 6.07) is 10.1. The van der Waals surface area contributed by atoms with Crippen molar-refractivity contribution in [2.45, 2.75) is 0 Å². The van der Waals surface area contributed by atoms with Gasteiger partial charge in [-0.1, -0.05) is 12.1 Å². The summed E-state index contributed by atoms with van der Waals surface area (Å²) in [6.07, 6.45) is 0. The minimum absolute atomic E-state index is 0.166. The van der Waals surface area contributed by atoms with Crippen LogP contribution in [0.2, 0.25) is 0 Å². The second kappa shape index (κ2) is 6.87. The van der Waals surface area contributed by atoms with Gasteiger partial charge in [0.05, 0.1) is 32.4 Å². The molecule has 7 nitrogen and oxygen atoms in total. The van der Waals surface area contributed by atoms with Crippen molar-refractivity contribution in [3.05, 3.63) is 58.0 Å². The van der Waals surface area contributed by atoms with Gasteiger partial charge >= 0.3 is 0 Å². The van der Waals surface area contributed by atoms with Crippen molar-refractivity contribution in [3.8, 4) is 17.2 Å². The quantitative estimate of drug-likeness (QED) is 0.654. The van der Waals surface area contributed by atoms with E-state index in [1.165, 1.54) is 38.0 Å². The molecule has 0 bridgehead atoms. The van der Waals surface area contributed by atoms with Gasteiger partial charge in [0, 0.05) is 12.6 Å². The van der Waals surface area contributed by atoms with E-state index in [2.05, 4.69) is 4.98 Å². The molecule has 0 unspecified atom stereocenters. The van der Waals surface area contributed by atoms with Gasteiger partial charge in [-0.3, -0.25) is 9.59 Å². The Hall–Kier alpha value is -3.35. The Labute approximate surface area is 149 Å². The molecule has 0 aliphatic heterocycles. The summed E-state index contributed by atoms with van der Waals surface area (Å²) < 4.78 is 17.2. The lowest BCUT2D eigenvalue weighted by Gasteiger charge is -2.14. The van der Waals surface area contributed by atoms with E-state index in [1.54, 1.807) is 25.2 Å². The number of benzene rings is 2. The second-order valence-electron chi connectivity index (χ2n) is 5.56. The summed E-state index contributed by atoms with van der Waals surface area (Å²) in [7, 11) is 6.00. The molecule has 0 fully saturated rings. The number of aromatic nitrogens is 2. The molecule has 3 aromatic rings. The first-order valence-electron chi connectivity index (χ1n) is 7.82. The number of rotatable bonds is 5. The van der Waals surface area contributed by atoms with Crippen LogP contribution in [0.1, 0.15) is 16.1 Å². The minimum atomic E-state index is -0.518. The summed E-state index contributed by atoms with van der Waals surface area (Å²) >= 11 is 0. The van der Waals surface area contributed by atoms with Crippen molar-refractivity contribution in [2.24, 2.45) is 7.05 Å². The monoisotopic (exact) mass is 354 g/mol. The van der Waals surface area contributed by atoms with Crippen molar-refractivity contribution in [1.82, 2.24) is 9.55 Å². The van der Waals surface area contributed by atoms with Crippen LogP contribution < -0.4 is 19.8 Å². The van der Waals surface area contributed by atoms with Crippen molar-refractivity contribution in [1.29, 1.82) is 0 Å². The number of aryl methyl sites for hydroxylation is 1. The lowest BCUT2D eigenvalue weighted by Crippen LogP contribution is -2.27. The Bertz CT molecular complexity index is 1030. The molecule has 0 aliphatic rings. The van der Waals surface area contributed by atoms with Crippen molar-refractivity contribution < 1.29 is 19.0 Å². The highest BCUT2D eigenvalue weighted by molar-refractivity contribution is 6.08. The van der Waals surface area contributed by atoms with Gasteiger partial charge in [-0.25, -0.2) is 4.98 Å². The minimum Gasteiger partial charge on any atom is -0.493 e. The molecule has 0 N–H and O–H groups in total. The third kappa shape index (κ3) is 2.77. The maximum absolute atomic E-state index is 13.0. The maximum atomic E-state index is 13.0. The zero-order chi connectivity index (χ0) is 18.8. The Morgan fingerprint density at radius 2 is 1.62 bits per heavy atom. The molecular formula is C19H18N2O5. The van der Waals surface area contributed by atoms with Crippen LogP contribution in [0.3, 0.4) is 0 Å². The lowest BCUT2D eigenvalue weighted by molar-refractivity contribution is 0.103. The van der Waals surface area contributed by atoms with E-state index in [4.69, 9.17) is 14.2 Å². The molecule has 0 spiro atoms.